The van der Waals surface area contributed by atoms with E-state index in [4.69, 9.17) is 9.47 Å². The number of carbonyl (C=O) groups excluding carboxylic acids is 1. The molecule has 2 aliphatic rings. The lowest BCUT2D eigenvalue weighted by Crippen LogP contribution is -2.29. The molecule has 6 heteroatoms. The summed E-state index contributed by atoms with van der Waals surface area (Å²) in [5.41, 5.74) is 1.84. The second-order valence-electron chi connectivity index (χ2n) is 8.74. The lowest BCUT2D eigenvalue weighted by Gasteiger charge is -2.34. The van der Waals surface area contributed by atoms with Crippen molar-refractivity contribution in [1.29, 1.82) is 0 Å². The molecule has 0 fully saturated rings. The topological polar surface area (TPSA) is 96.2 Å². The molecule has 2 heterocycles. The molecule has 6 nitrogen and oxygen atoms in total. The molecule has 0 saturated heterocycles. The van der Waals surface area contributed by atoms with Crippen molar-refractivity contribution < 1.29 is 29.6 Å². The predicted octanol–water partition coefficient (Wildman–Crippen LogP) is 5.20. The largest absolute Gasteiger partial charge is 0.507 e. The summed E-state index contributed by atoms with van der Waals surface area (Å²) in [6.07, 6.45) is 5.03. The highest BCUT2D eigenvalue weighted by molar-refractivity contribution is 6.05. The number of phenolic OH excluding ortho intramolecular Hbond substituents is 3. The number of benzene rings is 2. The van der Waals surface area contributed by atoms with E-state index in [0.29, 0.717) is 23.3 Å². The van der Waals surface area contributed by atoms with E-state index in [1.807, 2.05) is 39.8 Å². The third-order valence-electron chi connectivity index (χ3n) is 5.53. The molecule has 0 aliphatic carbocycles. The van der Waals surface area contributed by atoms with Gasteiger partial charge in [0.1, 0.15) is 46.0 Å². The van der Waals surface area contributed by atoms with Gasteiger partial charge in [0.15, 0.2) is 5.78 Å². The number of allylic oxidation sites excluding steroid dienone is 2. The van der Waals surface area contributed by atoms with Crippen LogP contribution in [0.1, 0.15) is 67.3 Å². The Balaban J connectivity index is 1.94. The molecule has 4 rings (SSSR count). The molecule has 31 heavy (non-hydrogen) atoms. The van der Waals surface area contributed by atoms with Gasteiger partial charge in [-0.15, -0.1) is 0 Å². The summed E-state index contributed by atoms with van der Waals surface area (Å²) in [7, 11) is 0. The van der Waals surface area contributed by atoms with E-state index in [9.17, 15) is 20.1 Å². The summed E-state index contributed by atoms with van der Waals surface area (Å²) in [6, 6.07) is 4.38. The van der Waals surface area contributed by atoms with Gasteiger partial charge >= 0.3 is 0 Å². The molecule has 0 radical (unpaired) electrons. The number of carbonyl (C=O) groups is 1. The molecular formula is C25H26O6. The summed E-state index contributed by atoms with van der Waals surface area (Å²) in [6.45, 7) is 7.75. The molecule has 0 saturated carbocycles. The summed E-state index contributed by atoms with van der Waals surface area (Å²) in [5, 5.41) is 31.5. The number of Topliss-reactive ketones (excluding diaryl/α,β-unsaturated/α-hetero) is 1. The Hall–Kier alpha value is -3.41. The van der Waals surface area contributed by atoms with E-state index in [-0.39, 0.29) is 46.3 Å². The van der Waals surface area contributed by atoms with E-state index in [0.717, 1.165) is 5.57 Å². The van der Waals surface area contributed by atoms with Crippen LogP contribution < -0.4 is 9.47 Å². The van der Waals surface area contributed by atoms with Crippen molar-refractivity contribution in [3.8, 4) is 28.7 Å². The number of ketones is 1. The Morgan fingerprint density at radius 2 is 1.84 bits per heavy atom. The maximum Gasteiger partial charge on any atom is 0.174 e. The molecular weight excluding hydrogens is 396 g/mol. The fourth-order valence-corrected chi connectivity index (χ4v) is 3.99. The minimum atomic E-state index is -0.892. The minimum absolute atomic E-state index is 0.107. The van der Waals surface area contributed by atoms with Crippen molar-refractivity contribution in [3.05, 3.63) is 58.2 Å². The number of aromatic hydroxyl groups is 3. The van der Waals surface area contributed by atoms with Gasteiger partial charge in [-0.3, -0.25) is 4.79 Å². The first-order valence-corrected chi connectivity index (χ1v) is 10.2. The average Bonchev–Trinajstić information content (AvgIpc) is 2.66. The minimum Gasteiger partial charge on any atom is -0.507 e. The first-order chi connectivity index (χ1) is 14.6. The molecule has 2 aromatic carbocycles. The van der Waals surface area contributed by atoms with Crippen LogP contribution in [0.4, 0.5) is 0 Å². The van der Waals surface area contributed by atoms with Crippen LogP contribution in [-0.4, -0.2) is 26.7 Å². The summed E-state index contributed by atoms with van der Waals surface area (Å²) < 4.78 is 12.4. The average molecular weight is 422 g/mol. The van der Waals surface area contributed by atoms with Crippen LogP contribution in [-0.2, 0) is 6.42 Å². The third-order valence-corrected chi connectivity index (χ3v) is 5.53. The molecule has 0 amide bonds. The van der Waals surface area contributed by atoms with Gasteiger partial charge < -0.3 is 24.8 Å². The Bertz CT molecular complexity index is 1120. The number of phenols is 3. The van der Waals surface area contributed by atoms with Crippen LogP contribution in [0.25, 0.3) is 6.08 Å². The molecule has 0 bridgehead atoms. The van der Waals surface area contributed by atoms with Crippen molar-refractivity contribution >= 4 is 11.9 Å². The fourth-order valence-electron chi connectivity index (χ4n) is 3.99. The number of fused-ring (bicyclic) bond motifs is 2. The summed E-state index contributed by atoms with van der Waals surface area (Å²) in [5.74, 6) is -0.127. The third kappa shape index (κ3) is 3.63. The lowest BCUT2D eigenvalue weighted by atomic mass is 9.88. The van der Waals surface area contributed by atoms with Crippen molar-refractivity contribution in [1.82, 2.24) is 0 Å². The fraction of sp³-hybridized carbons (Fsp3) is 0.320. The van der Waals surface area contributed by atoms with Crippen LogP contribution in [0.15, 0.2) is 35.9 Å². The van der Waals surface area contributed by atoms with E-state index < -0.39 is 11.7 Å². The van der Waals surface area contributed by atoms with Gasteiger partial charge in [-0.2, -0.15) is 0 Å². The van der Waals surface area contributed by atoms with E-state index in [2.05, 4.69) is 0 Å². The molecule has 2 aromatic rings. The van der Waals surface area contributed by atoms with Crippen molar-refractivity contribution in [2.24, 2.45) is 0 Å². The van der Waals surface area contributed by atoms with Crippen LogP contribution >= 0.6 is 0 Å². The van der Waals surface area contributed by atoms with Crippen LogP contribution in [0.3, 0.4) is 0 Å². The van der Waals surface area contributed by atoms with Crippen LogP contribution in [0, 0.1) is 0 Å². The first kappa shape index (κ1) is 20.8. The van der Waals surface area contributed by atoms with Gasteiger partial charge in [-0.05, 0) is 58.4 Å². The Kier molecular flexibility index (Phi) is 4.96. The zero-order chi connectivity index (χ0) is 22.5. The highest BCUT2D eigenvalue weighted by atomic mass is 16.5. The van der Waals surface area contributed by atoms with Gasteiger partial charge in [0.2, 0.25) is 0 Å². The van der Waals surface area contributed by atoms with Crippen molar-refractivity contribution in [3.63, 3.8) is 0 Å². The Morgan fingerprint density at radius 3 is 2.48 bits per heavy atom. The highest BCUT2D eigenvalue weighted by Gasteiger charge is 2.39. The Morgan fingerprint density at radius 1 is 1.16 bits per heavy atom. The standard InChI is InChI=1S/C25H26O6/c1-13(2)8-9-15-23-14(10-11-25(3,4)31-23)22(29)21-18(28)12-19(30-24(15)21)20-16(26)6-5-7-17(20)27/h5-8,10-11,19,26-27,29H,9,12H2,1-4H3/t19-/m0/s1. The van der Waals surface area contributed by atoms with E-state index in [1.54, 1.807) is 6.08 Å². The van der Waals surface area contributed by atoms with E-state index >= 15 is 0 Å². The van der Waals surface area contributed by atoms with E-state index in [1.165, 1.54) is 18.2 Å². The summed E-state index contributed by atoms with van der Waals surface area (Å²) >= 11 is 0. The number of hydrogen-bond donors (Lipinski definition) is 3. The number of hydrogen-bond acceptors (Lipinski definition) is 6. The molecule has 3 N–H and O–H groups in total. The second kappa shape index (κ2) is 7.38. The van der Waals surface area contributed by atoms with Gasteiger partial charge in [0.05, 0.1) is 17.5 Å². The Labute approximate surface area is 181 Å². The number of rotatable bonds is 3. The monoisotopic (exact) mass is 422 g/mol. The van der Waals surface area contributed by atoms with Gasteiger partial charge in [0, 0.05) is 5.56 Å². The maximum absolute atomic E-state index is 13.1. The second-order valence-corrected chi connectivity index (χ2v) is 8.74. The zero-order valence-electron chi connectivity index (χ0n) is 18.0. The van der Waals surface area contributed by atoms with Gasteiger partial charge in [-0.25, -0.2) is 0 Å². The SMILES string of the molecule is CC(C)=CCc1c2c(c(O)c3c1O[C@H](c1c(O)cccc1O)CC3=O)C=CC(C)(C)O2. The first-order valence-electron chi connectivity index (χ1n) is 10.2. The van der Waals surface area contributed by atoms with Crippen molar-refractivity contribution in [2.75, 3.05) is 0 Å². The predicted molar refractivity (Wildman–Crippen MR) is 117 cm³/mol. The van der Waals surface area contributed by atoms with Crippen LogP contribution in [0.5, 0.6) is 28.7 Å². The maximum atomic E-state index is 13.1. The smallest absolute Gasteiger partial charge is 0.174 e. The lowest BCUT2D eigenvalue weighted by molar-refractivity contribution is 0.0833. The summed E-state index contributed by atoms with van der Waals surface area (Å²) in [4.78, 5) is 13.1. The molecule has 162 valence electrons. The number of ether oxygens (including phenoxy) is 2. The molecule has 2 aliphatic heterocycles. The molecule has 0 spiro atoms. The quantitative estimate of drug-likeness (QED) is 0.588. The normalized spacial score (nSPS) is 18.5. The van der Waals surface area contributed by atoms with Gasteiger partial charge in [-0.1, -0.05) is 17.7 Å². The molecule has 0 aromatic heterocycles. The van der Waals surface area contributed by atoms with Crippen LogP contribution in [0.2, 0.25) is 0 Å². The highest BCUT2D eigenvalue weighted by Crippen LogP contribution is 2.52. The zero-order valence-corrected chi connectivity index (χ0v) is 18.0. The van der Waals surface area contributed by atoms with Gasteiger partial charge in [0.25, 0.3) is 0 Å². The van der Waals surface area contributed by atoms with Crippen molar-refractivity contribution in [2.45, 2.75) is 52.2 Å². The molecule has 0 unspecified atom stereocenters. The molecule has 1 atom stereocenters.